The molecule has 82 valence electrons. The summed E-state index contributed by atoms with van der Waals surface area (Å²) in [6, 6.07) is 1.35. The summed E-state index contributed by atoms with van der Waals surface area (Å²) in [5.41, 5.74) is -0.813. The topological polar surface area (TPSA) is 59.3 Å². The van der Waals surface area contributed by atoms with E-state index in [2.05, 4.69) is 15.9 Å². The molecule has 0 saturated carbocycles. The Morgan fingerprint density at radius 1 is 1.53 bits per heavy atom. The Hall–Kier alpha value is -1.10. The number of hydrogen-bond donors (Lipinski definition) is 1. The van der Waals surface area contributed by atoms with E-state index >= 15 is 0 Å². The smallest absolute Gasteiger partial charge is 0.313 e. The molecular formula is C10H12BrNO3. The van der Waals surface area contributed by atoms with Gasteiger partial charge in [-0.25, -0.2) is 0 Å². The van der Waals surface area contributed by atoms with E-state index in [9.17, 15) is 9.59 Å². The molecule has 0 atom stereocenters. The number of carboxylic acids is 1. The number of aryl methyl sites for hydroxylation is 1. The minimum atomic E-state index is -1.08. The van der Waals surface area contributed by atoms with Gasteiger partial charge in [0.25, 0.3) is 5.56 Å². The summed E-state index contributed by atoms with van der Waals surface area (Å²) >= 11 is 3.26. The SMILES string of the molecule is Cn1cc(Br)c(C(C)(C)C(=O)O)cc1=O. The second-order valence-corrected chi connectivity index (χ2v) is 4.77. The largest absolute Gasteiger partial charge is 0.481 e. The van der Waals surface area contributed by atoms with E-state index in [1.807, 2.05) is 0 Å². The molecule has 1 rings (SSSR count). The standard InChI is InChI=1S/C10H12BrNO3/c1-10(2,9(14)15)6-4-8(13)12(3)5-7(6)11/h4-5H,1-3H3,(H,14,15). The van der Waals surface area contributed by atoms with Crippen molar-refractivity contribution >= 4 is 21.9 Å². The maximum Gasteiger partial charge on any atom is 0.313 e. The van der Waals surface area contributed by atoms with Gasteiger partial charge in [0.15, 0.2) is 0 Å². The van der Waals surface area contributed by atoms with Crippen LogP contribution in [0.2, 0.25) is 0 Å². The average molecular weight is 274 g/mol. The lowest BCUT2D eigenvalue weighted by Crippen LogP contribution is -2.31. The predicted octanol–water partition coefficient (Wildman–Crippen LogP) is 1.51. The Morgan fingerprint density at radius 2 is 2.07 bits per heavy atom. The zero-order valence-electron chi connectivity index (χ0n) is 8.74. The number of rotatable bonds is 2. The number of halogens is 1. The molecule has 0 spiro atoms. The van der Waals surface area contributed by atoms with Crippen LogP contribution in [-0.4, -0.2) is 15.6 Å². The van der Waals surface area contributed by atoms with E-state index in [0.717, 1.165) is 0 Å². The van der Waals surface area contributed by atoms with Crippen LogP contribution < -0.4 is 5.56 Å². The lowest BCUT2D eigenvalue weighted by atomic mass is 9.85. The second-order valence-electron chi connectivity index (χ2n) is 3.91. The molecule has 4 nitrogen and oxygen atoms in total. The molecule has 15 heavy (non-hydrogen) atoms. The van der Waals surface area contributed by atoms with Gasteiger partial charge in [-0.05, 0) is 35.3 Å². The molecule has 1 heterocycles. The van der Waals surface area contributed by atoms with Crippen LogP contribution >= 0.6 is 15.9 Å². The molecule has 1 aromatic heterocycles. The molecule has 0 aromatic carbocycles. The van der Waals surface area contributed by atoms with Crippen molar-refractivity contribution < 1.29 is 9.90 Å². The van der Waals surface area contributed by atoms with Crippen molar-refractivity contribution in [2.75, 3.05) is 0 Å². The van der Waals surface area contributed by atoms with Crippen molar-refractivity contribution in [3.63, 3.8) is 0 Å². The van der Waals surface area contributed by atoms with E-state index < -0.39 is 11.4 Å². The van der Waals surface area contributed by atoms with Crippen LogP contribution in [0, 0.1) is 0 Å². The minimum Gasteiger partial charge on any atom is -0.481 e. The van der Waals surface area contributed by atoms with Gasteiger partial charge in [0.05, 0.1) is 5.41 Å². The molecule has 1 aromatic rings. The predicted molar refractivity (Wildman–Crippen MR) is 60.0 cm³/mol. The fourth-order valence-electron chi connectivity index (χ4n) is 1.19. The number of hydrogen-bond acceptors (Lipinski definition) is 2. The molecule has 1 N–H and O–H groups in total. The van der Waals surface area contributed by atoms with Gasteiger partial charge in [-0.3, -0.25) is 9.59 Å². The van der Waals surface area contributed by atoms with Crippen LogP contribution in [0.1, 0.15) is 19.4 Å². The van der Waals surface area contributed by atoms with Gasteiger partial charge >= 0.3 is 5.97 Å². The molecule has 5 heteroatoms. The molecule has 0 bridgehead atoms. The first kappa shape index (κ1) is 12.0. The Labute approximate surface area is 95.7 Å². The monoisotopic (exact) mass is 273 g/mol. The highest BCUT2D eigenvalue weighted by atomic mass is 79.9. The first-order chi connectivity index (χ1) is 6.76. The summed E-state index contributed by atoms with van der Waals surface area (Å²) in [6.07, 6.45) is 1.57. The molecule has 0 aliphatic carbocycles. The van der Waals surface area contributed by atoms with Crippen molar-refractivity contribution in [2.45, 2.75) is 19.3 Å². The van der Waals surface area contributed by atoms with Crippen LogP contribution in [0.3, 0.4) is 0 Å². The Balaban J connectivity index is 3.45. The fourth-order valence-corrected chi connectivity index (χ4v) is 2.11. The molecule has 0 amide bonds. The van der Waals surface area contributed by atoms with E-state index in [1.165, 1.54) is 10.6 Å². The zero-order chi connectivity index (χ0) is 11.8. The summed E-state index contributed by atoms with van der Waals surface area (Å²) in [6.45, 7) is 3.13. The molecule has 0 radical (unpaired) electrons. The molecule has 0 aliphatic rings. The lowest BCUT2D eigenvalue weighted by Gasteiger charge is -2.21. The van der Waals surface area contributed by atoms with E-state index in [1.54, 1.807) is 27.1 Å². The summed E-state index contributed by atoms with van der Waals surface area (Å²) in [7, 11) is 1.62. The van der Waals surface area contributed by atoms with Gasteiger partial charge < -0.3 is 9.67 Å². The molecular weight excluding hydrogens is 262 g/mol. The third-order valence-corrected chi connectivity index (χ3v) is 3.02. The fraction of sp³-hybridized carbons (Fsp3) is 0.400. The highest BCUT2D eigenvalue weighted by Crippen LogP contribution is 2.28. The third kappa shape index (κ3) is 2.12. The maximum atomic E-state index is 11.4. The zero-order valence-corrected chi connectivity index (χ0v) is 10.3. The van der Waals surface area contributed by atoms with Gasteiger partial charge in [-0.15, -0.1) is 0 Å². The van der Waals surface area contributed by atoms with Crippen LogP contribution in [0.25, 0.3) is 0 Å². The van der Waals surface area contributed by atoms with E-state index in [4.69, 9.17) is 5.11 Å². The minimum absolute atomic E-state index is 0.220. The third-order valence-electron chi connectivity index (χ3n) is 2.39. The van der Waals surface area contributed by atoms with Gasteiger partial charge in [-0.1, -0.05) is 0 Å². The number of pyridine rings is 1. The molecule has 0 saturated heterocycles. The van der Waals surface area contributed by atoms with Crippen molar-refractivity contribution in [1.29, 1.82) is 0 Å². The number of nitrogens with zero attached hydrogens (tertiary/aromatic N) is 1. The highest BCUT2D eigenvalue weighted by Gasteiger charge is 2.31. The van der Waals surface area contributed by atoms with Gasteiger partial charge in [0.2, 0.25) is 0 Å². The quantitative estimate of drug-likeness (QED) is 0.889. The molecule has 0 unspecified atom stereocenters. The summed E-state index contributed by atoms with van der Waals surface area (Å²) in [5.74, 6) is -0.962. The summed E-state index contributed by atoms with van der Waals surface area (Å²) in [5, 5.41) is 9.05. The second kappa shape index (κ2) is 3.81. The molecule has 0 aliphatic heterocycles. The highest BCUT2D eigenvalue weighted by molar-refractivity contribution is 9.10. The van der Waals surface area contributed by atoms with Gasteiger partial charge in [-0.2, -0.15) is 0 Å². The molecule has 0 fully saturated rings. The van der Waals surface area contributed by atoms with Crippen LogP contribution in [-0.2, 0) is 17.3 Å². The Bertz CT molecular complexity index is 462. The summed E-state index contributed by atoms with van der Waals surface area (Å²) < 4.78 is 2.02. The maximum absolute atomic E-state index is 11.4. The van der Waals surface area contributed by atoms with Crippen molar-refractivity contribution in [2.24, 2.45) is 7.05 Å². The van der Waals surface area contributed by atoms with Crippen LogP contribution in [0.5, 0.6) is 0 Å². The van der Waals surface area contributed by atoms with E-state index in [-0.39, 0.29) is 5.56 Å². The Kier molecular flexibility index (Phi) is 3.04. The summed E-state index contributed by atoms with van der Waals surface area (Å²) in [4.78, 5) is 22.5. The van der Waals surface area contributed by atoms with E-state index in [0.29, 0.717) is 10.0 Å². The normalized spacial score (nSPS) is 11.5. The van der Waals surface area contributed by atoms with Crippen LogP contribution in [0.15, 0.2) is 21.5 Å². The number of aliphatic carboxylic acids is 1. The lowest BCUT2D eigenvalue weighted by molar-refractivity contribution is -0.142. The van der Waals surface area contributed by atoms with Crippen molar-refractivity contribution in [3.8, 4) is 0 Å². The Morgan fingerprint density at radius 3 is 2.53 bits per heavy atom. The number of carboxylic acid groups (broad SMARTS) is 1. The van der Waals surface area contributed by atoms with Gasteiger partial charge in [0.1, 0.15) is 0 Å². The number of aromatic nitrogens is 1. The van der Waals surface area contributed by atoms with Crippen molar-refractivity contribution in [3.05, 3.63) is 32.7 Å². The van der Waals surface area contributed by atoms with Crippen molar-refractivity contribution in [1.82, 2.24) is 4.57 Å². The average Bonchev–Trinajstić information content (AvgIpc) is 2.10. The number of carbonyl (C=O) groups is 1. The first-order valence-corrected chi connectivity index (χ1v) is 5.16. The van der Waals surface area contributed by atoms with Gasteiger partial charge in [0, 0.05) is 23.8 Å². The van der Waals surface area contributed by atoms with Crippen LogP contribution in [0.4, 0.5) is 0 Å². The first-order valence-electron chi connectivity index (χ1n) is 4.37.